The molecule has 0 spiro atoms. The first-order valence-electron chi connectivity index (χ1n) is 6.86. The van der Waals surface area contributed by atoms with Gasteiger partial charge in [0.05, 0.1) is 6.10 Å². The predicted octanol–water partition coefficient (Wildman–Crippen LogP) is 3.67. The number of benzene rings is 2. The molecule has 100 valence electrons. The lowest BCUT2D eigenvalue weighted by molar-refractivity contribution is 0.115. The molecule has 2 nitrogen and oxygen atoms in total. The van der Waals surface area contributed by atoms with Crippen molar-refractivity contribution < 1.29 is 5.11 Å². The minimum absolute atomic E-state index is 0.151. The van der Waals surface area contributed by atoms with E-state index in [1.165, 1.54) is 12.8 Å². The van der Waals surface area contributed by atoms with Gasteiger partial charge in [0.2, 0.25) is 0 Å². The molecule has 3 rings (SSSR count). The van der Waals surface area contributed by atoms with E-state index in [0.717, 1.165) is 34.3 Å². The van der Waals surface area contributed by atoms with Crippen molar-refractivity contribution in [1.82, 2.24) is 5.32 Å². The van der Waals surface area contributed by atoms with Gasteiger partial charge in [0.25, 0.3) is 0 Å². The molecule has 2 aromatic carbocycles. The zero-order valence-electron chi connectivity index (χ0n) is 10.8. The van der Waals surface area contributed by atoms with Crippen molar-refractivity contribution in [2.75, 3.05) is 6.54 Å². The van der Waals surface area contributed by atoms with E-state index in [-0.39, 0.29) is 6.04 Å². The van der Waals surface area contributed by atoms with E-state index in [0.29, 0.717) is 0 Å². The van der Waals surface area contributed by atoms with Gasteiger partial charge in [-0.2, -0.15) is 0 Å². The van der Waals surface area contributed by atoms with Crippen molar-refractivity contribution in [3.05, 3.63) is 47.0 Å². The average Bonchev–Trinajstić information content (AvgIpc) is 2.48. The van der Waals surface area contributed by atoms with Crippen molar-refractivity contribution in [3.8, 4) is 0 Å². The summed E-state index contributed by atoms with van der Waals surface area (Å²) >= 11 is 6.22. The van der Waals surface area contributed by atoms with Crippen LogP contribution in [0, 0.1) is 0 Å². The van der Waals surface area contributed by atoms with Crippen LogP contribution in [-0.2, 0) is 0 Å². The van der Waals surface area contributed by atoms with Gasteiger partial charge in [0, 0.05) is 16.5 Å². The van der Waals surface area contributed by atoms with Crippen molar-refractivity contribution >= 4 is 22.4 Å². The molecule has 1 fully saturated rings. The second kappa shape index (κ2) is 5.49. The zero-order valence-corrected chi connectivity index (χ0v) is 11.5. The fourth-order valence-corrected chi connectivity index (χ4v) is 3.14. The zero-order chi connectivity index (χ0) is 13.2. The quantitative estimate of drug-likeness (QED) is 0.876. The van der Waals surface area contributed by atoms with E-state index in [1.54, 1.807) is 0 Å². The van der Waals surface area contributed by atoms with Crippen LogP contribution in [0.4, 0.5) is 0 Å². The molecule has 0 aromatic heterocycles. The van der Waals surface area contributed by atoms with Crippen LogP contribution in [0.15, 0.2) is 36.4 Å². The Hall–Kier alpha value is -1.09. The predicted molar refractivity (Wildman–Crippen MR) is 79.6 cm³/mol. The van der Waals surface area contributed by atoms with Gasteiger partial charge in [-0.05, 0) is 36.4 Å². The van der Waals surface area contributed by atoms with E-state index in [1.807, 2.05) is 36.4 Å². The molecule has 1 aliphatic rings. The SMILES string of the molecule is OC(c1ccc(Cl)c2ccccc12)C1CCCCN1. The maximum absolute atomic E-state index is 10.6. The Morgan fingerprint density at radius 3 is 2.63 bits per heavy atom. The summed E-state index contributed by atoms with van der Waals surface area (Å²) in [5.74, 6) is 0. The number of aliphatic hydroxyl groups excluding tert-OH is 1. The summed E-state index contributed by atoms with van der Waals surface area (Å²) in [4.78, 5) is 0. The Morgan fingerprint density at radius 2 is 1.89 bits per heavy atom. The third-order valence-electron chi connectivity index (χ3n) is 3.95. The molecule has 1 aliphatic heterocycles. The van der Waals surface area contributed by atoms with Gasteiger partial charge in [-0.15, -0.1) is 0 Å². The molecule has 1 heterocycles. The number of nitrogens with one attached hydrogen (secondary N) is 1. The summed E-state index contributed by atoms with van der Waals surface area (Å²) < 4.78 is 0. The van der Waals surface area contributed by atoms with E-state index in [9.17, 15) is 5.11 Å². The second-order valence-corrected chi connectivity index (χ2v) is 5.59. The summed E-state index contributed by atoms with van der Waals surface area (Å²) in [6.45, 7) is 0.993. The van der Waals surface area contributed by atoms with Crippen LogP contribution in [0.25, 0.3) is 10.8 Å². The first kappa shape index (κ1) is 12.9. The van der Waals surface area contributed by atoms with Gasteiger partial charge in [0.15, 0.2) is 0 Å². The molecule has 0 amide bonds. The lowest BCUT2D eigenvalue weighted by atomic mass is 9.92. The highest BCUT2D eigenvalue weighted by Gasteiger charge is 2.24. The molecule has 2 aromatic rings. The number of hydrogen-bond acceptors (Lipinski definition) is 2. The van der Waals surface area contributed by atoms with Gasteiger partial charge in [-0.1, -0.05) is 48.4 Å². The molecular weight excluding hydrogens is 258 g/mol. The lowest BCUT2D eigenvalue weighted by Gasteiger charge is -2.29. The Bertz CT molecular complexity index is 578. The number of fused-ring (bicyclic) bond motifs is 1. The molecule has 0 aliphatic carbocycles. The molecule has 0 bridgehead atoms. The number of aliphatic hydroxyl groups is 1. The largest absolute Gasteiger partial charge is 0.387 e. The normalized spacial score (nSPS) is 21.5. The van der Waals surface area contributed by atoms with E-state index >= 15 is 0 Å². The Labute approximate surface area is 118 Å². The Morgan fingerprint density at radius 1 is 1.11 bits per heavy atom. The number of hydrogen-bond donors (Lipinski definition) is 2. The first-order valence-corrected chi connectivity index (χ1v) is 7.24. The van der Waals surface area contributed by atoms with E-state index < -0.39 is 6.10 Å². The van der Waals surface area contributed by atoms with E-state index in [2.05, 4.69) is 5.32 Å². The van der Waals surface area contributed by atoms with Crippen LogP contribution >= 0.6 is 11.6 Å². The van der Waals surface area contributed by atoms with Crippen LogP contribution in [0.2, 0.25) is 5.02 Å². The van der Waals surface area contributed by atoms with Crippen molar-refractivity contribution in [1.29, 1.82) is 0 Å². The van der Waals surface area contributed by atoms with Gasteiger partial charge >= 0.3 is 0 Å². The van der Waals surface area contributed by atoms with Gasteiger partial charge in [-0.3, -0.25) is 0 Å². The number of rotatable bonds is 2. The molecule has 19 heavy (non-hydrogen) atoms. The topological polar surface area (TPSA) is 32.3 Å². The van der Waals surface area contributed by atoms with Crippen LogP contribution in [0.1, 0.15) is 30.9 Å². The summed E-state index contributed by atoms with van der Waals surface area (Å²) in [5, 5.41) is 16.8. The standard InChI is InChI=1S/C16H18ClNO/c17-14-9-8-13(11-5-1-2-6-12(11)14)16(19)15-7-3-4-10-18-15/h1-2,5-6,8-9,15-16,18-19H,3-4,7,10H2. The average molecular weight is 276 g/mol. The molecule has 1 saturated heterocycles. The first-order chi connectivity index (χ1) is 9.27. The van der Waals surface area contributed by atoms with Gasteiger partial charge in [-0.25, -0.2) is 0 Å². The Balaban J connectivity index is 2.02. The highest BCUT2D eigenvalue weighted by molar-refractivity contribution is 6.35. The van der Waals surface area contributed by atoms with Crippen molar-refractivity contribution in [2.45, 2.75) is 31.4 Å². The maximum atomic E-state index is 10.6. The minimum atomic E-state index is -0.470. The monoisotopic (exact) mass is 275 g/mol. The van der Waals surface area contributed by atoms with Crippen molar-refractivity contribution in [2.24, 2.45) is 0 Å². The maximum Gasteiger partial charge on any atom is 0.0948 e. The molecule has 2 unspecified atom stereocenters. The molecule has 2 N–H and O–H groups in total. The molecule has 0 saturated carbocycles. The third-order valence-corrected chi connectivity index (χ3v) is 4.28. The fourth-order valence-electron chi connectivity index (χ4n) is 2.91. The lowest BCUT2D eigenvalue weighted by Crippen LogP contribution is -2.38. The van der Waals surface area contributed by atoms with Crippen molar-refractivity contribution in [3.63, 3.8) is 0 Å². The van der Waals surface area contributed by atoms with Gasteiger partial charge in [0.1, 0.15) is 0 Å². The summed E-state index contributed by atoms with van der Waals surface area (Å²) in [6.07, 6.45) is 2.94. The van der Waals surface area contributed by atoms with Crippen LogP contribution in [0.3, 0.4) is 0 Å². The van der Waals surface area contributed by atoms with Crippen LogP contribution in [-0.4, -0.2) is 17.7 Å². The summed E-state index contributed by atoms with van der Waals surface area (Å²) in [5.41, 5.74) is 0.972. The van der Waals surface area contributed by atoms with E-state index in [4.69, 9.17) is 11.6 Å². The minimum Gasteiger partial charge on any atom is -0.387 e. The third kappa shape index (κ3) is 2.48. The second-order valence-electron chi connectivity index (χ2n) is 5.18. The van der Waals surface area contributed by atoms with Crippen LogP contribution < -0.4 is 5.32 Å². The fraction of sp³-hybridized carbons (Fsp3) is 0.375. The van der Waals surface area contributed by atoms with Crippen LogP contribution in [0.5, 0.6) is 0 Å². The molecule has 2 atom stereocenters. The highest BCUT2D eigenvalue weighted by atomic mass is 35.5. The molecular formula is C16H18ClNO. The smallest absolute Gasteiger partial charge is 0.0948 e. The molecule has 0 radical (unpaired) electrons. The Kier molecular flexibility index (Phi) is 3.74. The number of piperidine rings is 1. The van der Waals surface area contributed by atoms with Gasteiger partial charge < -0.3 is 10.4 Å². The highest BCUT2D eigenvalue weighted by Crippen LogP contribution is 2.32. The molecule has 3 heteroatoms. The summed E-state index contributed by atoms with van der Waals surface area (Å²) in [6, 6.07) is 12.0. The number of halogens is 1. The summed E-state index contributed by atoms with van der Waals surface area (Å²) in [7, 11) is 0.